The fourth-order valence-corrected chi connectivity index (χ4v) is 3.31. The van der Waals surface area contributed by atoms with Crippen molar-refractivity contribution >= 4 is 5.97 Å². The van der Waals surface area contributed by atoms with Gasteiger partial charge in [-0.3, -0.25) is 0 Å². The number of carbonyl (C=O) groups is 1. The Labute approximate surface area is 168 Å². The molecule has 0 rings (SSSR count). The van der Waals surface area contributed by atoms with Crippen molar-refractivity contribution in [2.45, 2.75) is 129 Å². The molecule has 0 radical (unpaired) electrons. The van der Waals surface area contributed by atoms with Gasteiger partial charge in [-0.2, -0.15) is 0 Å². The Hall–Kier alpha value is -1.41. The molecule has 0 atom stereocenters. The summed E-state index contributed by atoms with van der Waals surface area (Å²) in [5, 5.41) is 8.34. The minimum atomic E-state index is -1.11. The maximum Gasteiger partial charge on any atom is 0.382 e. The van der Waals surface area contributed by atoms with Crippen molar-refractivity contribution < 1.29 is 9.90 Å². The zero-order valence-electron chi connectivity index (χ0n) is 17.8. The molecule has 0 saturated carbocycles. The van der Waals surface area contributed by atoms with Gasteiger partial charge in [0.05, 0.1) is 0 Å². The molecule has 154 valence electrons. The third-order valence-corrected chi connectivity index (χ3v) is 4.98. The molecular weight excluding hydrogens is 332 g/mol. The van der Waals surface area contributed by atoms with Crippen LogP contribution in [0.5, 0.6) is 0 Å². The second kappa shape index (κ2) is 22.6. The van der Waals surface area contributed by atoms with Crippen LogP contribution in [-0.4, -0.2) is 11.1 Å². The Kier molecular flexibility index (Phi) is 21.4. The number of rotatable bonds is 18. The van der Waals surface area contributed by atoms with Crippen LogP contribution in [0.4, 0.5) is 0 Å². The summed E-state index contributed by atoms with van der Waals surface area (Å²) in [6, 6.07) is 0. The average Bonchev–Trinajstić information content (AvgIpc) is 2.65. The molecule has 0 aliphatic heterocycles. The Balaban J connectivity index is 3.11. The highest BCUT2D eigenvalue weighted by atomic mass is 16.4. The van der Waals surface area contributed by atoms with Crippen LogP contribution in [0.3, 0.4) is 0 Å². The van der Waals surface area contributed by atoms with Gasteiger partial charge < -0.3 is 5.11 Å². The van der Waals surface area contributed by atoms with E-state index in [1.54, 1.807) is 0 Å². The molecule has 2 nitrogen and oxygen atoms in total. The van der Waals surface area contributed by atoms with Crippen molar-refractivity contribution in [1.29, 1.82) is 0 Å². The molecule has 0 aliphatic rings. The van der Waals surface area contributed by atoms with Gasteiger partial charge >= 0.3 is 5.97 Å². The standard InChI is InChI=1S/C25H42O2/c1-2-3-4-5-6-7-8-9-10-11-12-13-14-15-16-17-18-19-20-21-22-23-24-25(26)27/h2-20H2,1H3,(H,26,27). The van der Waals surface area contributed by atoms with Gasteiger partial charge in [-0.15, -0.1) is 0 Å². The highest BCUT2D eigenvalue weighted by Crippen LogP contribution is 2.14. The molecule has 0 saturated heterocycles. The van der Waals surface area contributed by atoms with Crippen molar-refractivity contribution in [1.82, 2.24) is 0 Å². The Morgan fingerprint density at radius 3 is 1.33 bits per heavy atom. The van der Waals surface area contributed by atoms with Crippen molar-refractivity contribution in [2.75, 3.05) is 0 Å². The maximum atomic E-state index is 10.2. The van der Waals surface area contributed by atoms with E-state index in [1.807, 2.05) is 5.92 Å². The van der Waals surface area contributed by atoms with Crippen LogP contribution in [0.25, 0.3) is 0 Å². The maximum absolute atomic E-state index is 10.2. The van der Waals surface area contributed by atoms with Gasteiger partial charge in [0.25, 0.3) is 0 Å². The van der Waals surface area contributed by atoms with Crippen LogP contribution in [0.2, 0.25) is 0 Å². The second-order valence-electron chi connectivity index (χ2n) is 7.62. The molecule has 27 heavy (non-hydrogen) atoms. The molecule has 0 spiro atoms. The van der Waals surface area contributed by atoms with Gasteiger partial charge in [-0.25, -0.2) is 4.79 Å². The minimum absolute atomic E-state index is 0.826. The van der Waals surface area contributed by atoms with Gasteiger partial charge in [-0.1, -0.05) is 122 Å². The van der Waals surface area contributed by atoms with Crippen LogP contribution in [0.1, 0.15) is 129 Å². The summed E-state index contributed by atoms with van der Waals surface area (Å²) in [5.41, 5.74) is 0. The first-order valence-electron chi connectivity index (χ1n) is 11.5. The monoisotopic (exact) mass is 374 g/mol. The van der Waals surface area contributed by atoms with Gasteiger partial charge in [0, 0.05) is 12.3 Å². The zero-order valence-corrected chi connectivity index (χ0v) is 17.8. The van der Waals surface area contributed by atoms with E-state index in [4.69, 9.17) is 5.11 Å². The van der Waals surface area contributed by atoms with E-state index in [1.165, 1.54) is 109 Å². The van der Waals surface area contributed by atoms with E-state index >= 15 is 0 Å². The molecule has 1 N–H and O–H groups in total. The van der Waals surface area contributed by atoms with Gasteiger partial charge in [0.2, 0.25) is 0 Å². The van der Waals surface area contributed by atoms with Crippen LogP contribution in [0, 0.1) is 23.7 Å². The number of carboxylic acids is 1. The summed E-state index contributed by atoms with van der Waals surface area (Å²) in [4.78, 5) is 10.2. The normalized spacial score (nSPS) is 9.96. The first-order chi connectivity index (χ1) is 13.3. The first-order valence-corrected chi connectivity index (χ1v) is 11.5. The lowest BCUT2D eigenvalue weighted by molar-refractivity contribution is -0.130. The van der Waals surface area contributed by atoms with E-state index in [0.29, 0.717) is 0 Å². The number of aliphatic carboxylic acids is 1. The summed E-state index contributed by atoms with van der Waals surface area (Å²) in [7, 11) is 0. The SMILES string of the molecule is CCCCCCCCCCCCCCCCCCCCC#CC#CC(=O)O. The molecule has 2 heteroatoms. The zero-order chi connectivity index (χ0) is 19.8. The molecule has 0 amide bonds. The van der Waals surface area contributed by atoms with Crippen LogP contribution >= 0.6 is 0 Å². The van der Waals surface area contributed by atoms with Crippen molar-refractivity contribution in [3.8, 4) is 23.7 Å². The van der Waals surface area contributed by atoms with Crippen molar-refractivity contribution in [2.24, 2.45) is 0 Å². The van der Waals surface area contributed by atoms with Gasteiger partial charge in [-0.05, 0) is 18.3 Å². The Bertz CT molecular complexity index is 444. The molecule has 0 unspecified atom stereocenters. The number of hydrogen-bond acceptors (Lipinski definition) is 1. The number of hydrogen-bond donors (Lipinski definition) is 1. The van der Waals surface area contributed by atoms with E-state index in [-0.39, 0.29) is 0 Å². The lowest BCUT2D eigenvalue weighted by Crippen LogP contribution is -1.85. The summed E-state index contributed by atoms with van der Waals surface area (Å²) < 4.78 is 0. The molecule has 0 aromatic heterocycles. The largest absolute Gasteiger partial charge is 0.472 e. The Morgan fingerprint density at radius 2 is 0.963 bits per heavy atom. The van der Waals surface area contributed by atoms with Crippen LogP contribution in [0.15, 0.2) is 0 Å². The molecule has 0 aliphatic carbocycles. The molecule has 0 bridgehead atoms. The molecule has 0 heterocycles. The molecule has 0 aromatic rings. The fraction of sp³-hybridized carbons (Fsp3) is 0.800. The summed E-state index contributed by atoms with van der Waals surface area (Å²) in [5.74, 6) is 8.71. The third-order valence-electron chi connectivity index (χ3n) is 4.98. The molecule has 0 aromatic carbocycles. The average molecular weight is 375 g/mol. The van der Waals surface area contributed by atoms with E-state index in [0.717, 1.165) is 12.8 Å². The van der Waals surface area contributed by atoms with E-state index in [2.05, 4.69) is 24.7 Å². The lowest BCUT2D eigenvalue weighted by Gasteiger charge is -2.03. The van der Waals surface area contributed by atoms with E-state index < -0.39 is 5.97 Å². The second-order valence-corrected chi connectivity index (χ2v) is 7.62. The summed E-state index contributed by atoms with van der Waals surface area (Å²) in [6.07, 6.45) is 25.7. The lowest BCUT2D eigenvalue weighted by atomic mass is 10.0. The van der Waals surface area contributed by atoms with Crippen LogP contribution in [-0.2, 0) is 4.79 Å². The molecular formula is C25H42O2. The number of unbranched alkanes of at least 4 members (excludes halogenated alkanes) is 18. The fourth-order valence-electron chi connectivity index (χ4n) is 3.31. The first kappa shape index (κ1) is 25.6. The Morgan fingerprint density at radius 1 is 0.593 bits per heavy atom. The quantitative estimate of drug-likeness (QED) is 0.199. The molecule has 0 fully saturated rings. The predicted molar refractivity (Wildman–Crippen MR) is 117 cm³/mol. The summed E-state index contributed by atoms with van der Waals surface area (Å²) >= 11 is 0. The van der Waals surface area contributed by atoms with Crippen molar-refractivity contribution in [3.63, 3.8) is 0 Å². The third kappa shape index (κ3) is 24.6. The predicted octanol–water partition coefficient (Wildman–Crippen LogP) is 7.51. The summed E-state index contributed by atoms with van der Waals surface area (Å²) in [6.45, 7) is 2.28. The number of carboxylic acid groups (broad SMARTS) is 1. The topological polar surface area (TPSA) is 37.3 Å². The van der Waals surface area contributed by atoms with Gasteiger partial charge in [0.1, 0.15) is 0 Å². The van der Waals surface area contributed by atoms with Gasteiger partial charge in [0.15, 0.2) is 0 Å². The van der Waals surface area contributed by atoms with Crippen molar-refractivity contribution in [3.05, 3.63) is 0 Å². The van der Waals surface area contributed by atoms with E-state index in [9.17, 15) is 4.79 Å². The smallest absolute Gasteiger partial charge is 0.382 e. The minimum Gasteiger partial charge on any atom is -0.472 e. The van der Waals surface area contributed by atoms with Crippen LogP contribution < -0.4 is 0 Å². The highest BCUT2D eigenvalue weighted by Gasteiger charge is 1.94. The highest BCUT2D eigenvalue weighted by molar-refractivity contribution is 5.87.